The van der Waals surface area contributed by atoms with Gasteiger partial charge in [-0.3, -0.25) is 9.59 Å². The van der Waals surface area contributed by atoms with Crippen LogP contribution in [0.4, 0.5) is 5.69 Å². The lowest BCUT2D eigenvalue weighted by Gasteiger charge is -2.46. The van der Waals surface area contributed by atoms with Crippen LogP contribution in [-0.4, -0.2) is 28.9 Å². The molecule has 0 aliphatic carbocycles. The summed E-state index contributed by atoms with van der Waals surface area (Å²) < 4.78 is 0. The zero-order valence-electron chi connectivity index (χ0n) is 14.6. The molecule has 0 spiro atoms. The first-order valence-electron chi connectivity index (χ1n) is 8.05. The number of carbonyl (C=O) groups is 2. The third-order valence-electron chi connectivity index (χ3n) is 4.12. The Balaban J connectivity index is 1.98. The normalized spacial score (nSPS) is 19.9. The maximum absolute atomic E-state index is 12.2. The minimum Gasteiger partial charge on any atom is -0.345 e. The van der Waals surface area contributed by atoms with Gasteiger partial charge in [-0.05, 0) is 59.1 Å². The fourth-order valence-corrected chi connectivity index (χ4v) is 3.57. The fraction of sp³-hybridized carbons (Fsp3) is 0.556. The Morgan fingerprint density at radius 2 is 1.61 bits per heavy atom. The van der Waals surface area contributed by atoms with Crippen LogP contribution in [0, 0.1) is 6.92 Å². The fourth-order valence-electron chi connectivity index (χ4n) is 3.57. The van der Waals surface area contributed by atoms with Crippen molar-refractivity contribution in [3.8, 4) is 0 Å². The summed E-state index contributed by atoms with van der Waals surface area (Å²) in [5.74, 6) is -1.19. The topological polar surface area (TPSA) is 70.2 Å². The van der Waals surface area contributed by atoms with Crippen LogP contribution in [0.1, 0.15) is 46.1 Å². The van der Waals surface area contributed by atoms with Crippen molar-refractivity contribution in [2.75, 3.05) is 5.32 Å². The smallest absolute Gasteiger partial charge is 0.313 e. The zero-order valence-corrected chi connectivity index (χ0v) is 14.6. The molecule has 2 rings (SSSR count). The number of amides is 2. The molecule has 1 aromatic carbocycles. The summed E-state index contributed by atoms with van der Waals surface area (Å²) >= 11 is 0. The van der Waals surface area contributed by atoms with Gasteiger partial charge in [0.25, 0.3) is 0 Å². The summed E-state index contributed by atoms with van der Waals surface area (Å²) in [4.78, 5) is 24.3. The summed E-state index contributed by atoms with van der Waals surface area (Å²) in [6.45, 7) is 10.3. The molecule has 23 heavy (non-hydrogen) atoms. The van der Waals surface area contributed by atoms with E-state index in [1.165, 1.54) is 0 Å². The average molecular weight is 317 g/mol. The Morgan fingerprint density at radius 3 is 2.17 bits per heavy atom. The van der Waals surface area contributed by atoms with E-state index in [0.717, 1.165) is 18.4 Å². The van der Waals surface area contributed by atoms with Gasteiger partial charge in [0.2, 0.25) is 0 Å². The molecule has 3 N–H and O–H groups in total. The molecule has 0 bridgehead atoms. The Hall–Kier alpha value is -1.88. The van der Waals surface area contributed by atoms with Crippen LogP contribution in [0.15, 0.2) is 24.3 Å². The first-order chi connectivity index (χ1) is 10.6. The Morgan fingerprint density at radius 1 is 1.04 bits per heavy atom. The summed E-state index contributed by atoms with van der Waals surface area (Å²) in [6, 6.07) is 7.39. The number of rotatable bonds is 2. The van der Waals surface area contributed by atoms with Crippen molar-refractivity contribution in [1.29, 1.82) is 0 Å². The third kappa shape index (κ3) is 4.79. The van der Waals surface area contributed by atoms with Crippen LogP contribution >= 0.6 is 0 Å². The van der Waals surface area contributed by atoms with Crippen LogP contribution in [0.3, 0.4) is 0 Å². The van der Waals surface area contributed by atoms with E-state index in [2.05, 4.69) is 43.6 Å². The van der Waals surface area contributed by atoms with Crippen LogP contribution in [-0.2, 0) is 9.59 Å². The van der Waals surface area contributed by atoms with E-state index in [-0.39, 0.29) is 17.1 Å². The lowest BCUT2D eigenvalue weighted by atomic mass is 9.79. The van der Waals surface area contributed by atoms with Crippen molar-refractivity contribution >= 4 is 17.5 Å². The number of piperidine rings is 1. The summed E-state index contributed by atoms with van der Waals surface area (Å²) in [7, 11) is 0. The molecular weight excluding hydrogens is 290 g/mol. The van der Waals surface area contributed by atoms with Gasteiger partial charge in [0, 0.05) is 22.8 Å². The van der Waals surface area contributed by atoms with Crippen LogP contribution < -0.4 is 16.0 Å². The van der Waals surface area contributed by atoms with Gasteiger partial charge in [0.15, 0.2) is 0 Å². The monoisotopic (exact) mass is 317 g/mol. The minimum atomic E-state index is -0.617. The molecule has 2 amide bonds. The van der Waals surface area contributed by atoms with Crippen LogP contribution in [0.25, 0.3) is 0 Å². The predicted molar refractivity (Wildman–Crippen MR) is 92.3 cm³/mol. The number of benzene rings is 1. The van der Waals surface area contributed by atoms with Gasteiger partial charge in [-0.1, -0.05) is 18.2 Å². The number of para-hydroxylation sites is 1. The SMILES string of the molecule is Cc1ccccc1NC(=O)C(=O)NC1CC(C)(C)NC(C)(C)C1. The van der Waals surface area contributed by atoms with E-state index in [4.69, 9.17) is 0 Å². The largest absolute Gasteiger partial charge is 0.345 e. The number of hydrogen-bond acceptors (Lipinski definition) is 3. The molecule has 1 aliphatic heterocycles. The maximum Gasteiger partial charge on any atom is 0.313 e. The van der Waals surface area contributed by atoms with E-state index in [1.807, 2.05) is 25.1 Å². The number of hydrogen-bond donors (Lipinski definition) is 3. The van der Waals surface area contributed by atoms with Crippen molar-refractivity contribution in [2.45, 2.75) is 64.6 Å². The summed E-state index contributed by atoms with van der Waals surface area (Å²) in [6.07, 6.45) is 1.58. The van der Waals surface area contributed by atoms with Gasteiger partial charge < -0.3 is 16.0 Å². The quantitative estimate of drug-likeness (QED) is 0.733. The molecular formula is C18H27N3O2. The van der Waals surface area contributed by atoms with Crippen molar-refractivity contribution in [2.24, 2.45) is 0 Å². The third-order valence-corrected chi connectivity index (χ3v) is 4.12. The van der Waals surface area contributed by atoms with Gasteiger partial charge in [-0.25, -0.2) is 0 Å². The van der Waals surface area contributed by atoms with E-state index in [1.54, 1.807) is 6.07 Å². The van der Waals surface area contributed by atoms with Gasteiger partial charge in [0.1, 0.15) is 0 Å². The molecule has 126 valence electrons. The van der Waals surface area contributed by atoms with Gasteiger partial charge >= 0.3 is 11.8 Å². The maximum atomic E-state index is 12.2. The number of carbonyl (C=O) groups excluding carboxylic acids is 2. The second-order valence-corrected chi connectivity index (χ2v) is 7.74. The molecule has 1 aliphatic rings. The molecule has 5 heteroatoms. The summed E-state index contributed by atoms with van der Waals surface area (Å²) in [5.41, 5.74) is 1.44. The number of anilines is 1. The van der Waals surface area contributed by atoms with Crippen molar-refractivity contribution in [3.63, 3.8) is 0 Å². The van der Waals surface area contributed by atoms with E-state index in [9.17, 15) is 9.59 Å². The standard InChI is InChI=1S/C18H27N3O2/c1-12-8-6-7-9-14(12)20-16(23)15(22)19-13-10-17(2,3)21-18(4,5)11-13/h6-9,13,21H,10-11H2,1-5H3,(H,19,22)(H,20,23). The minimum absolute atomic E-state index is 0.0172. The second kappa shape index (κ2) is 6.32. The van der Waals surface area contributed by atoms with E-state index in [0.29, 0.717) is 5.69 Å². The predicted octanol–water partition coefficient (Wildman–Crippen LogP) is 2.36. The highest BCUT2D eigenvalue weighted by atomic mass is 16.2. The first-order valence-corrected chi connectivity index (χ1v) is 8.05. The Kier molecular flexibility index (Phi) is 4.80. The lowest BCUT2D eigenvalue weighted by molar-refractivity contribution is -0.137. The average Bonchev–Trinajstić information content (AvgIpc) is 2.37. The van der Waals surface area contributed by atoms with Gasteiger partial charge in [-0.15, -0.1) is 0 Å². The van der Waals surface area contributed by atoms with Gasteiger partial charge in [0.05, 0.1) is 0 Å². The Bertz CT molecular complexity index is 592. The zero-order chi connectivity index (χ0) is 17.3. The number of nitrogens with one attached hydrogen (secondary N) is 3. The molecule has 5 nitrogen and oxygen atoms in total. The molecule has 0 atom stereocenters. The molecule has 0 aromatic heterocycles. The van der Waals surface area contributed by atoms with Crippen LogP contribution in [0.2, 0.25) is 0 Å². The molecule has 0 radical (unpaired) electrons. The lowest BCUT2D eigenvalue weighted by Crippen LogP contribution is -2.62. The molecule has 1 aromatic rings. The van der Waals surface area contributed by atoms with E-state index < -0.39 is 11.8 Å². The van der Waals surface area contributed by atoms with Crippen molar-refractivity contribution in [3.05, 3.63) is 29.8 Å². The van der Waals surface area contributed by atoms with Crippen molar-refractivity contribution < 1.29 is 9.59 Å². The number of aryl methyl sites for hydroxylation is 1. The highest BCUT2D eigenvalue weighted by Gasteiger charge is 2.38. The van der Waals surface area contributed by atoms with Crippen molar-refractivity contribution in [1.82, 2.24) is 10.6 Å². The molecule has 1 heterocycles. The second-order valence-electron chi connectivity index (χ2n) is 7.74. The van der Waals surface area contributed by atoms with E-state index >= 15 is 0 Å². The molecule has 1 saturated heterocycles. The molecule has 1 fully saturated rings. The first kappa shape index (κ1) is 17.5. The highest BCUT2D eigenvalue weighted by Crippen LogP contribution is 2.28. The molecule has 0 unspecified atom stereocenters. The highest BCUT2D eigenvalue weighted by molar-refractivity contribution is 6.39. The Labute approximate surface area is 138 Å². The van der Waals surface area contributed by atoms with Gasteiger partial charge in [-0.2, -0.15) is 0 Å². The van der Waals surface area contributed by atoms with Crippen LogP contribution in [0.5, 0.6) is 0 Å². The molecule has 0 saturated carbocycles. The summed E-state index contributed by atoms with van der Waals surface area (Å²) in [5, 5.41) is 9.11.